The molecule has 2 fully saturated rings. The SMILES string of the molecule is C[C@H]1OCCN[C@@H]1C(=O)N1CCC(n2ccnc2)CC1. The standard InChI is InChI=1S/C14H22N4O2/c1-11-13(16-5-9-20-11)14(19)17-6-2-12(3-7-17)18-8-4-15-10-18/h4,8,10-13,16H,2-3,5-7,9H2,1H3/t11-,13+/m1/s1. The number of hydrogen-bond donors (Lipinski definition) is 1. The number of rotatable bonds is 2. The lowest BCUT2D eigenvalue weighted by molar-refractivity contribution is -0.140. The van der Waals surface area contributed by atoms with Gasteiger partial charge in [-0.1, -0.05) is 0 Å². The summed E-state index contributed by atoms with van der Waals surface area (Å²) in [6, 6.07) is 0.281. The molecule has 1 N–H and O–H groups in total. The summed E-state index contributed by atoms with van der Waals surface area (Å²) in [6.07, 6.45) is 7.61. The van der Waals surface area contributed by atoms with Crippen LogP contribution in [0.25, 0.3) is 0 Å². The average Bonchev–Trinajstić information content (AvgIpc) is 3.01. The molecule has 0 aliphatic carbocycles. The van der Waals surface area contributed by atoms with E-state index in [-0.39, 0.29) is 18.1 Å². The van der Waals surface area contributed by atoms with Gasteiger partial charge in [-0.15, -0.1) is 0 Å². The minimum Gasteiger partial charge on any atom is -0.375 e. The summed E-state index contributed by atoms with van der Waals surface area (Å²) in [4.78, 5) is 18.6. The highest BCUT2D eigenvalue weighted by Crippen LogP contribution is 2.23. The highest BCUT2D eigenvalue weighted by atomic mass is 16.5. The highest BCUT2D eigenvalue weighted by Gasteiger charge is 2.33. The van der Waals surface area contributed by atoms with Gasteiger partial charge in [0, 0.05) is 38.1 Å². The monoisotopic (exact) mass is 278 g/mol. The number of hydrogen-bond acceptors (Lipinski definition) is 4. The van der Waals surface area contributed by atoms with Crippen molar-refractivity contribution in [3.63, 3.8) is 0 Å². The quantitative estimate of drug-likeness (QED) is 0.852. The fourth-order valence-corrected chi connectivity index (χ4v) is 3.08. The second-order valence-electron chi connectivity index (χ2n) is 5.57. The first-order valence-corrected chi connectivity index (χ1v) is 7.37. The molecule has 6 heteroatoms. The molecule has 2 saturated heterocycles. The van der Waals surface area contributed by atoms with E-state index in [4.69, 9.17) is 4.74 Å². The van der Waals surface area contributed by atoms with Crippen molar-refractivity contribution in [2.45, 2.75) is 38.0 Å². The van der Waals surface area contributed by atoms with Gasteiger partial charge in [-0.3, -0.25) is 4.79 Å². The predicted octanol–water partition coefficient (Wildman–Crippen LogP) is 0.424. The minimum atomic E-state index is -0.187. The zero-order valence-corrected chi connectivity index (χ0v) is 11.9. The zero-order chi connectivity index (χ0) is 13.9. The average molecular weight is 278 g/mol. The van der Waals surface area contributed by atoms with Crippen LogP contribution in [-0.2, 0) is 9.53 Å². The van der Waals surface area contributed by atoms with Gasteiger partial charge in [0.1, 0.15) is 6.04 Å². The van der Waals surface area contributed by atoms with Gasteiger partial charge < -0.3 is 19.5 Å². The summed E-state index contributed by atoms with van der Waals surface area (Å²) in [5.74, 6) is 0.182. The van der Waals surface area contributed by atoms with Crippen LogP contribution in [0.1, 0.15) is 25.8 Å². The largest absolute Gasteiger partial charge is 0.375 e. The number of nitrogens with zero attached hydrogens (tertiary/aromatic N) is 3. The smallest absolute Gasteiger partial charge is 0.242 e. The van der Waals surface area contributed by atoms with E-state index in [0.717, 1.165) is 32.5 Å². The third kappa shape index (κ3) is 2.71. The van der Waals surface area contributed by atoms with Crippen molar-refractivity contribution in [2.24, 2.45) is 0 Å². The summed E-state index contributed by atoms with van der Waals surface area (Å²) < 4.78 is 7.71. The van der Waals surface area contributed by atoms with Gasteiger partial charge in [0.15, 0.2) is 0 Å². The van der Waals surface area contributed by atoms with Gasteiger partial charge in [0.2, 0.25) is 5.91 Å². The van der Waals surface area contributed by atoms with Crippen LogP contribution in [-0.4, -0.2) is 58.7 Å². The second kappa shape index (κ2) is 5.93. The molecule has 2 aliphatic heterocycles. The molecule has 0 saturated carbocycles. The number of carbonyl (C=O) groups is 1. The summed E-state index contributed by atoms with van der Waals surface area (Å²) in [7, 11) is 0. The molecule has 1 aromatic rings. The molecular weight excluding hydrogens is 256 g/mol. The van der Waals surface area contributed by atoms with Crippen molar-refractivity contribution in [3.05, 3.63) is 18.7 Å². The third-order valence-electron chi connectivity index (χ3n) is 4.31. The zero-order valence-electron chi connectivity index (χ0n) is 11.9. The molecule has 1 amide bonds. The van der Waals surface area contributed by atoms with E-state index in [1.54, 1.807) is 0 Å². The Balaban J connectivity index is 1.56. The topological polar surface area (TPSA) is 59.4 Å². The maximum Gasteiger partial charge on any atom is 0.242 e. The number of ether oxygens (including phenoxy) is 1. The van der Waals surface area contributed by atoms with Crippen molar-refractivity contribution in [1.82, 2.24) is 19.8 Å². The molecular formula is C14H22N4O2. The van der Waals surface area contributed by atoms with Crippen molar-refractivity contribution in [1.29, 1.82) is 0 Å². The van der Waals surface area contributed by atoms with Crippen LogP contribution in [0.4, 0.5) is 0 Å². The molecule has 2 aliphatic rings. The molecule has 6 nitrogen and oxygen atoms in total. The highest BCUT2D eigenvalue weighted by molar-refractivity contribution is 5.82. The number of aromatic nitrogens is 2. The van der Waals surface area contributed by atoms with E-state index in [1.165, 1.54) is 0 Å². The van der Waals surface area contributed by atoms with E-state index >= 15 is 0 Å². The Morgan fingerprint density at radius 1 is 1.40 bits per heavy atom. The number of likely N-dealkylation sites (tertiary alicyclic amines) is 1. The number of imidazole rings is 1. The molecule has 0 radical (unpaired) electrons. The first-order chi connectivity index (χ1) is 9.75. The molecule has 0 spiro atoms. The van der Waals surface area contributed by atoms with E-state index < -0.39 is 0 Å². The summed E-state index contributed by atoms with van der Waals surface area (Å²) >= 11 is 0. The normalized spacial score (nSPS) is 28.6. The fourth-order valence-electron chi connectivity index (χ4n) is 3.08. The van der Waals surface area contributed by atoms with Gasteiger partial charge >= 0.3 is 0 Å². The Labute approximate surface area is 119 Å². The van der Waals surface area contributed by atoms with Crippen LogP contribution in [0.3, 0.4) is 0 Å². The maximum atomic E-state index is 12.5. The Bertz CT molecular complexity index is 440. The molecule has 2 atom stereocenters. The van der Waals surface area contributed by atoms with Crippen LogP contribution in [0, 0.1) is 0 Å². The van der Waals surface area contributed by atoms with Crippen molar-refractivity contribution >= 4 is 5.91 Å². The number of piperidine rings is 1. The summed E-state index contributed by atoms with van der Waals surface area (Å²) in [5.41, 5.74) is 0. The molecule has 3 heterocycles. The lowest BCUT2D eigenvalue weighted by atomic mass is 10.0. The Morgan fingerprint density at radius 3 is 2.85 bits per heavy atom. The molecule has 0 aromatic carbocycles. The minimum absolute atomic E-state index is 0.0392. The number of morpholine rings is 1. The maximum absolute atomic E-state index is 12.5. The second-order valence-corrected chi connectivity index (χ2v) is 5.57. The molecule has 20 heavy (non-hydrogen) atoms. The van der Waals surface area contributed by atoms with Crippen molar-refractivity contribution < 1.29 is 9.53 Å². The van der Waals surface area contributed by atoms with E-state index in [0.29, 0.717) is 12.6 Å². The predicted molar refractivity (Wildman–Crippen MR) is 74.3 cm³/mol. The lowest BCUT2D eigenvalue weighted by Gasteiger charge is -2.37. The van der Waals surface area contributed by atoms with Crippen LogP contribution in [0.5, 0.6) is 0 Å². The fraction of sp³-hybridized carbons (Fsp3) is 0.714. The van der Waals surface area contributed by atoms with Gasteiger partial charge in [0.25, 0.3) is 0 Å². The van der Waals surface area contributed by atoms with Crippen molar-refractivity contribution in [3.8, 4) is 0 Å². The molecule has 0 bridgehead atoms. The first kappa shape index (κ1) is 13.6. The Hall–Kier alpha value is -1.40. The number of nitrogens with one attached hydrogen (secondary N) is 1. The van der Waals surface area contributed by atoms with E-state index in [9.17, 15) is 4.79 Å². The Kier molecular flexibility index (Phi) is 4.03. The van der Waals surface area contributed by atoms with Gasteiger partial charge in [0.05, 0.1) is 19.0 Å². The lowest BCUT2D eigenvalue weighted by Crippen LogP contribution is -2.57. The number of amides is 1. The molecule has 110 valence electrons. The van der Waals surface area contributed by atoms with E-state index in [1.807, 2.05) is 30.5 Å². The number of carbonyl (C=O) groups excluding carboxylic acids is 1. The molecule has 1 aromatic heterocycles. The van der Waals surface area contributed by atoms with Gasteiger partial charge in [-0.05, 0) is 19.8 Å². The van der Waals surface area contributed by atoms with Crippen LogP contribution >= 0.6 is 0 Å². The summed E-state index contributed by atoms with van der Waals surface area (Å²) in [6.45, 7) is 5.03. The van der Waals surface area contributed by atoms with Crippen LogP contribution in [0.2, 0.25) is 0 Å². The van der Waals surface area contributed by atoms with E-state index in [2.05, 4.69) is 14.9 Å². The summed E-state index contributed by atoms with van der Waals surface area (Å²) in [5, 5.41) is 3.27. The molecule has 3 rings (SSSR count). The van der Waals surface area contributed by atoms with Crippen LogP contribution < -0.4 is 5.32 Å². The van der Waals surface area contributed by atoms with Crippen molar-refractivity contribution in [2.75, 3.05) is 26.2 Å². The first-order valence-electron chi connectivity index (χ1n) is 7.37. The van der Waals surface area contributed by atoms with Gasteiger partial charge in [-0.2, -0.15) is 0 Å². The third-order valence-corrected chi connectivity index (χ3v) is 4.31. The van der Waals surface area contributed by atoms with Gasteiger partial charge in [-0.25, -0.2) is 4.98 Å². The Morgan fingerprint density at radius 2 is 2.20 bits per heavy atom. The van der Waals surface area contributed by atoms with Crippen LogP contribution in [0.15, 0.2) is 18.7 Å². The molecule has 0 unspecified atom stereocenters.